The van der Waals surface area contributed by atoms with E-state index in [9.17, 15) is 9.59 Å². The van der Waals surface area contributed by atoms with Gasteiger partial charge >= 0.3 is 0 Å². The van der Waals surface area contributed by atoms with Crippen LogP contribution in [0.3, 0.4) is 0 Å². The van der Waals surface area contributed by atoms with Gasteiger partial charge in [0.25, 0.3) is 5.91 Å². The molecular weight excluding hydrogens is 516 g/mol. The van der Waals surface area contributed by atoms with E-state index in [0.29, 0.717) is 44.8 Å². The summed E-state index contributed by atoms with van der Waals surface area (Å²) in [5, 5.41) is 0.860. The number of thiazole rings is 1. The summed E-state index contributed by atoms with van der Waals surface area (Å²) in [4.78, 5) is 34.3. The lowest BCUT2D eigenvalue weighted by Gasteiger charge is -2.24. The lowest BCUT2D eigenvalue weighted by atomic mass is 9.98. The van der Waals surface area contributed by atoms with E-state index in [2.05, 4.69) is 19.9 Å². The van der Waals surface area contributed by atoms with E-state index >= 15 is 0 Å². The van der Waals surface area contributed by atoms with E-state index in [1.165, 1.54) is 43.1 Å². The standard InChI is InChI=1S/C30H26N2O6S/c1-15(2)16-10-11-19-23(14-16)39-30(31-19)32-25(17-12-21(35-3)27(37-5)22(13-17)36-4)24-26(33)18-8-6-7-9-20(18)38-28(24)29(32)34/h6-15,25H,1-5H3. The first kappa shape index (κ1) is 24.9. The lowest BCUT2D eigenvalue weighted by Crippen LogP contribution is -2.29. The van der Waals surface area contributed by atoms with E-state index in [0.717, 1.165) is 10.2 Å². The summed E-state index contributed by atoms with van der Waals surface area (Å²) < 4.78 is 23.7. The number of fused-ring (bicyclic) bond motifs is 3. The van der Waals surface area contributed by atoms with Crippen LogP contribution in [0.25, 0.3) is 21.2 Å². The van der Waals surface area contributed by atoms with Gasteiger partial charge in [0.1, 0.15) is 5.58 Å². The topological polar surface area (TPSA) is 91.1 Å². The molecule has 1 atom stereocenters. The van der Waals surface area contributed by atoms with E-state index in [1.54, 1.807) is 36.4 Å². The fourth-order valence-electron chi connectivity index (χ4n) is 5.08. The van der Waals surface area contributed by atoms with Crippen molar-refractivity contribution >= 4 is 43.6 Å². The molecule has 9 heteroatoms. The van der Waals surface area contributed by atoms with Gasteiger partial charge in [-0.25, -0.2) is 4.98 Å². The minimum atomic E-state index is -0.827. The van der Waals surface area contributed by atoms with E-state index in [1.807, 2.05) is 12.1 Å². The predicted molar refractivity (Wildman–Crippen MR) is 151 cm³/mol. The summed E-state index contributed by atoms with van der Waals surface area (Å²) in [5.74, 6) is 1.13. The van der Waals surface area contributed by atoms with Crippen LogP contribution in [0.15, 0.2) is 63.8 Å². The molecular formula is C30H26N2O6S. The highest BCUT2D eigenvalue weighted by Gasteiger charge is 2.45. The third-order valence-electron chi connectivity index (χ3n) is 7.05. The highest BCUT2D eigenvalue weighted by atomic mass is 32.1. The molecule has 0 radical (unpaired) electrons. The fraction of sp³-hybridized carbons (Fsp3) is 0.233. The van der Waals surface area contributed by atoms with Crippen molar-refractivity contribution in [2.75, 3.05) is 26.2 Å². The Labute approximate surface area is 228 Å². The van der Waals surface area contributed by atoms with Gasteiger partial charge in [0.2, 0.25) is 11.5 Å². The van der Waals surface area contributed by atoms with Gasteiger partial charge in [-0.2, -0.15) is 0 Å². The van der Waals surface area contributed by atoms with E-state index < -0.39 is 11.9 Å². The van der Waals surface area contributed by atoms with Crippen LogP contribution in [-0.4, -0.2) is 32.2 Å². The number of rotatable bonds is 6. The van der Waals surface area contributed by atoms with Gasteiger partial charge in [-0.15, -0.1) is 0 Å². The third kappa shape index (κ3) is 3.84. The Balaban J connectivity index is 1.63. The van der Waals surface area contributed by atoms with E-state index in [-0.39, 0.29) is 16.8 Å². The molecule has 1 amide bonds. The number of benzene rings is 3. The normalized spacial score (nSPS) is 14.9. The Morgan fingerprint density at radius 3 is 2.33 bits per heavy atom. The molecule has 1 aliphatic heterocycles. The minimum absolute atomic E-state index is 0.000391. The molecule has 0 fully saturated rings. The van der Waals surface area contributed by atoms with Crippen LogP contribution in [0, 0.1) is 0 Å². The van der Waals surface area contributed by atoms with Gasteiger partial charge in [-0.05, 0) is 53.4 Å². The smallest absolute Gasteiger partial charge is 0.297 e. The largest absolute Gasteiger partial charge is 0.493 e. The maximum absolute atomic E-state index is 14.0. The van der Waals surface area contributed by atoms with Crippen LogP contribution >= 0.6 is 11.3 Å². The molecule has 39 heavy (non-hydrogen) atoms. The second kappa shape index (κ2) is 9.43. The van der Waals surface area contributed by atoms with Crippen LogP contribution in [-0.2, 0) is 0 Å². The van der Waals surface area contributed by atoms with Crippen LogP contribution in [0.4, 0.5) is 5.13 Å². The van der Waals surface area contributed by atoms with Gasteiger partial charge in [0.05, 0.1) is 48.5 Å². The van der Waals surface area contributed by atoms with Crippen molar-refractivity contribution in [3.8, 4) is 17.2 Å². The van der Waals surface area contributed by atoms with Gasteiger partial charge in [-0.3, -0.25) is 14.5 Å². The molecule has 6 rings (SSSR count). The monoisotopic (exact) mass is 542 g/mol. The van der Waals surface area contributed by atoms with Crippen LogP contribution in [0.5, 0.6) is 17.2 Å². The number of ether oxygens (including phenoxy) is 3. The van der Waals surface area contributed by atoms with Crippen molar-refractivity contribution < 1.29 is 23.4 Å². The molecule has 3 aromatic carbocycles. The zero-order valence-corrected chi connectivity index (χ0v) is 22.9. The maximum atomic E-state index is 14.0. The molecule has 3 heterocycles. The molecule has 0 saturated carbocycles. The number of anilines is 1. The van der Waals surface area contributed by atoms with Crippen molar-refractivity contribution in [2.24, 2.45) is 0 Å². The molecule has 5 aromatic rings. The second-order valence-corrected chi connectivity index (χ2v) is 10.6. The number of hydrogen-bond donors (Lipinski definition) is 0. The highest BCUT2D eigenvalue weighted by molar-refractivity contribution is 7.22. The van der Waals surface area contributed by atoms with Gasteiger partial charge in [-0.1, -0.05) is 43.4 Å². The summed E-state index contributed by atoms with van der Waals surface area (Å²) in [5.41, 5.74) is 2.88. The molecule has 0 spiro atoms. The first-order chi connectivity index (χ1) is 18.9. The van der Waals surface area contributed by atoms with Crippen molar-refractivity contribution in [3.63, 3.8) is 0 Å². The number of nitrogens with zero attached hydrogens (tertiary/aromatic N) is 2. The molecule has 8 nitrogen and oxygen atoms in total. The van der Waals surface area contributed by atoms with Crippen LogP contribution in [0.1, 0.15) is 53.1 Å². The van der Waals surface area contributed by atoms with Crippen molar-refractivity contribution in [1.29, 1.82) is 0 Å². The summed E-state index contributed by atoms with van der Waals surface area (Å²) in [6.07, 6.45) is 0. The molecule has 0 N–H and O–H groups in total. The Hall–Kier alpha value is -4.37. The van der Waals surface area contributed by atoms with Crippen LogP contribution in [0.2, 0.25) is 0 Å². The molecule has 2 aromatic heterocycles. The zero-order chi connectivity index (χ0) is 27.4. The SMILES string of the molecule is COc1cc(C2c3c(oc4ccccc4c3=O)C(=O)N2c2nc3ccc(C(C)C)cc3s2)cc(OC)c1OC. The van der Waals surface area contributed by atoms with Crippen molar-refractivity contribution in [3.05, 3.63) is 87.3 Å². The Kier molecular flexibility index (Phi) is 6.03. The summed E-state index contributed by atoms with van der Waals surface area (Å²) in [6, 6.07) is 15.7. The molecule has 198 valence electrons. The number of methoxy groups -OCH3 is 3. The average Bonchev–Trinajstić information content (AvgIpc) is 3.50. The third-order valence-corrected chi connectivity index (χ3v) is 8.07. The first-order valence-corrected chi connectivity index (χ1v) is 13.3. The summed E-state index contributed by atoms with van der Waals surface area (Å²) in [7, 11) is 4.57. The molecule has 1 aliphatic rings. The average molecular weight is 543 g/mol. The highest BCUT2D eigenvalue weighted by Crippen LogP contribution is 2.47. The number of hydrogen-bond acceptors (Lipinski definition) is 8. The molecule has 1 unspecified atom stereocenters. The maximum Gasteiger partial charge on any atom is 0.297 e. The van der Waals surface area contributed by atoms with Gasteiger partial charge in [0, 0.05) is 0 Å². The van der Waals surface area contributed by atoms with Crippen LogP contribution < -0.4 is 24.5 Å². The summed E-state index contributed by atoms with van der Waals surface area (Å²) >= 11 is 1.40. The molecule has 0 bridgehead atoms. The number of amides is 1. The molecule has 0 aliphatic carbocycles. The van der Waals surface area contributed by atoms with Crippen molar-refractivity contribution in [1.82, 2.24) is 4.98 Å². The zero-order valence-electron chi connectivity index (χ0n) is 22.1. The number of carbonyl (C=O) groups is 1. The predicted octanol–water partition coefficient (Wildman–Crippen LogP) is 6.30. The number of para-hydroxylation sites is 1. The molecule has 0 saturated heterocycles. The Morgan fingerprint density at radius 1 is 0.949 bits per heavy atom. The second-order valence-electron chi connectivity index (χ2n) is 9.58. The van der Waals surface area contributed by atoms with Gasteiger partial charge in [0.15, 0.2) is 22.1 Å². The summed E-state index contributed by atoms with van der Waals surface area (Å²) in [6.45, 7) is 4.26. The Bertz CT molecular complexity index is 1800. The first-order valence-electron chi connectivity index (χ1n) is 12.5. The number of carbonyl (C=O) groups excluding carboxylic acids is 1. The minimum Gasteiger partial charge on any atom is -0.493 e. The quantitative estimate of drug-likeness (QED) is 0.249. The van der Waals surface area contributed by atoms with Gasteiger partial charge < -0.3 is 18.6 Å². The van der Waals surface area contributed by atoms with Crippen molar-refractivity contribution in [2.45, 2.75) is 25.8 Å². The van der Waals surface area contributed by atoms with E-state index in [4.69, 9.17) is 23.6 Å². The fourth-order valence-corrected chi connectivity index (χ4v) is 6.12. The number of aromatic nitrogens is 1. The lowest BCUT2D eigenvalue weighted by molar-refractivity contribution is 0.0971. The Morgan fingerprint density at radius 2 is 1.67 bits per heavy atom.